The molecular weight excluding hydrogens is 275 g/mol. The van der Waals surface area contributed by atoms with Crippen LogP contribution in [0.3, 0.4) is 0 Å². The first-order valence-electron chi connectivity index (χ1n) is 4.56. The van der Waals surface area contributed by atoms with Crippen LogP contribution in [0.15, 0.2) is 30.7 Å². The van der Waals surface area contributed by atoms with Gasteiger partial charge in [-0.15, -0.1) is 0 Å². The fourth-order valence-corrected chi connectivity index (χ4v) is 1.89. The van der Waals surface area contributed by atoms with E-state index in [0.717, 1.165) is 21.7 Å². The molecule has 1 heterocycles. The lowest BCUT2D eigenvalue weighted by Crippen LogP contribution is -1.91. The second kappa shape index (κ2) is 4.37. The minimum Gasteiger partial charge on any atom is -0.304 e. The lowest BCUT2D eigenvalue weighted by atomic mass is 10.2. The quantitative estimate of drug-likeness (QED) is 0.769. The number of aromatic nitrogens is 2. The van der Waals surface area contributed by atoms with Gasteiger partial charge in [-0.2, -0.15) is 0 Å². The molecule has 2 aromatic rings. The van der Waals surface area contributed by atoms with E-state index in [9.17, 15) is 0 Å². The van der Waals surface area contributed by atoms with Gasteiger partial charge in [-0.25, -0.2) is 4.98 Å². The minimum atomic E-state index is 0.735. The molecule has 2 nitrogen and oxygen atoms in total. The maximum atomic E-state index is 6.12. The molecule has 15 heavy (non-hydrogen) atoms. The van der Waals surface area contributed by atoms with Gasteiger partial charge in [0.1, 0.15) is 0 Å². The second-order valence-electron chi connectivity index (χ2n) is 3.36. The van der Waals surface area contributed by atoms with E-state index in [-0.39, 0.29) is 0 Å². The molecule has 0 atom stereocenters. The number of alkyl halides is 1. The highest BCUT2D eigenvalue weighted by Crippen LogP contribution is 2.22. The molecule has 1 aromatic heterocycles. The van der Waals surface area contributed by atoms with Crippen LogP contribution in [0.1, 0.15) is 11.3 Å². The van der Waals surface area contributed by atoms with Crippen molar-refractivity contribution in [2.45, 2.75) is 12.3 Å². The number of halogens is 2. The highest BCUT2D eigenvalue weighted by molar-refractivity contribution is 9.08. The van der Waals surface area contributed by atoms with Crippen LogP contribution in [-0.2, 0) is 5.33 Å². The Kier molecular flexibility index (Phi) is 3.12. The molecule has 0 radical (unpaired) electrons. The lowest BCUT2D eigenvalue weighted by Gasteiger charge is -2.05. The van der Waals surface area contributed by atoms with Crippen LogP contribution in [0.5, 0.6) is 0 Å². The Morgan fingerprint density at radius 2 is 2.27 bits per heavy atom. The summed E-state index contributed by atoms with van der Waals surface area (Å²) in [5, 5.41) is 1.49. The summed E-state index contributed by atoms with van der Waals surface area (Å²) >= 11 is 9.49. The predicted molar refractivity (Wildman–Crippen MR) is 65.9 cm³/mol. The van der Waals surface area contributed by atoms with Crippen molar-refractivity contribution in [2.24, 2.45) is 0 Å². The van der Waals surface area contributed by atoms with Gasteiger partial charge < -0.3 is 4.57 Å². The molecule has 0 unspecified atom stereocenters. The molecule has 0 fully saturated rings. The SMILES string of the molecule is Cc1ccc(Cl)c(-n2cnc(CBr)c2)c1. The number of rotatable bonds is 2. The molecule has 4 heteroatoms. The number of aryl methyl sites for hydroxylation is 1. The maximum absolute atomic E-state index is 6.12. The molecule has 0 N–H and O–H groups in total. The fourth-order valence-electron chi connectivity index (χ4n) is 1.38. The van der Waals surface area contributed by atoms with E-state index in [1.54, 1.807) is 6.33 Å². The Hall–Kier alpha value is -0.800. The Balaban J connectivity index is 2.48. The van der Waals surface area contributed by atoms with Crippen LogP contribution in [0, 0.1) is 6.92 Å². The number of hydrogen-bond donors (Lipinski definition) is 0. The Morgan fingerprint density at radius 3 is 2.93 bits per heavy atom. The zero-order valence-electron chi connectivity index (χ0n) is 8.24. The van der Waals surface area contributed by atoms with Crippen molar-refractivity contribution in [3.8, 4) is 5.69 Å². The fraction of sp³-hybridized carbons (Fsp3) is 0.182. The summed E-state index contributed by atoms with van der Waals surface area (Å²) < 4.78 is 1.94. The molecule has 1 aromatic carbocycles. The molecule has 0 aliphatic heterocycles. The zero-order valence-corrected chi connectivity index (χ0v) is 10.6. The van der Waals surface area contributed by atoms with Crippen LogP contribution < -0.4 is 0 Å². The number of benzene rings is 1. The summed E-state index contributed by atoms with van der Waals surface area (Å²) in [6.45, 7) is 2.04. The van der Waals surface area contributed by atoms with Gasteiger partial charge in [-0.1, -0.05) is 33.6 Å². The summed E-state index contributed by atoms with van der Waals surface area (Å²) in [6.07, 6.45) is 3.74. The van der Waals surface area contributed by atoms with Gasteiger partial charge in [0.2, 0.25) is 0 Å². The molecule has 0 aliphatic carbocycles. The van der Waals surface area contributed by atoms with Crippen molar-refractivity contribution in [3.63, 3.8) is 0 Å². The largest absolute Gasteiger partial charge is 0.304 e. The van der Waals surface area contributed by atoms with Crippen LogP contribution >= 0.6 is 27.5 Å². The molecule has 0 amide bonds. The van der Waals surface area contributed by atoms with Crippen molar-refractivity contribution >= 4 is 27.5 Å². The predicted octanol–water partition coefficient (Wildman–Crippen LogP) is 3.73. The summed E-state index contributed by atoms with van der Waals surface area (Å²) in [7, 11) is 0. The Morgan fingerprint density at radius 1 is 1.47 bits per heavy atom. The smallest absolute Gasteiger partial charge is 0.0996 e. The molecule has 2 rings (SSSR count). The highest BCUT2D eigenvalue weighted by atomic mass is 79.9. The maximum Gasteiger partial charge on any atom is 0.0996 e. The number of nitrogens with zero attached hydrogens (tertiary/aromatic N) is 2. The van der Waals surface area contributed by atoms with Gasteiger partial charge >= 0.3 is 0 Å². The van der Waals surface area contributed by atoms with Crippen LogP contribution in [0.25, 0.3) is 5.69 Å². The van der Waals surface area contributed by atoms with Crippen molar-refractivity contribution < 1.29 is 0 Å². The van der Waals surface area contributed by atoms with E-state index in [2.05, 4.69) is 20.9 Å². The molecule has 0 aliphatic rings. The average molecular weight is 286 g/mol. The molecule has 0 bridgehead atoms. The van der Waals surface area contributed by atoms with Gasteiger partial charge in [0, 0.05) is 11.5 Å². The molecule has 0 spiro atoms. The summed E-state index contributed by atoms with van der Waals surface area (Å²) in [5.74, 6) is 0. The average Bonchev–Trinajstić information content (AvgIpc) is 2.70. The Labute approximate surface area is 102 Å². The van der Waals surface area contributed by atoms with Gasteiger partial charge in [0.05, 0.1) is 22.7 Å². The number of imidazole rings is 1. The van der Waals surface area contributed by atoms with Crippen molar-refractivity contribution in [1.82, 2.24) is 9.55 Å². The van der Waals surface area contributed by atoms with Crippen molar-refractivity contribution in [2.75, 3.05) is 0 Å². The van der Waals surface area contributed by atoms with Crippen LogP contribution in [-0.4, -0.2) is 9.55 Å². The van der Waals surface area contributed by atoms with Crippen LogP contribution in [0.4, 0.5) is 0 Å². The minimum absolute atomic E-state index is 0.735. The van der Waals surface area contributed by atoms with Gasteiger partial charge in [-0.3, -0.25) is 0 Å². The first-order valence-corrected chi connectivity index (χ1v) is 6.06. The van der Waals surface area contributed by atoms with Crippen molar-refractivity contribution in [3.05, 3.63) is 47.0 Å². The van der Waals surface area contributed by atoms with E-state index in [4.69, 9.17) is 11.6 Å². The Bertz CT molecular complexity index is 479. The van der Waals surface area contributed by atoms with Crippen molar-refractivity contribution in [1.29, 1.82) is 0 Å². The third-order valence-electron chi connectivity index (χ3n) is 2.15. The van der Waals surface area contributed by atoms with E-state index in [1.165, 1.54) is 5.56 Å². The third kappa shape index (κ3) is 2.24. The summed E-state index contributed by atoms with van der Waals surface area (Å²) in [6, 6.07) is 5.94. The van der Waals surface area contributed by atoms with E-state index < -0.39 is 0 Å². The first-order chi connectivity index (χ1) is 7.20. The van der Waals surface area contributed by atoms with Gasteiger partial charge in [-0.05, 0) is 24.6 Å². The zero-order chi connectivity index (χ0) is 10.8. The van der Waals surface area contributed by atoms with E-state index >= 15 is 0 Å². The molecule has 0 saturated carbocycles. The first kappa shape index (κ1) is 10.7. The van der Waals surface area contributed by atoms with E-state index in [1.807, 2.05) is 35.9 Å². The topological polar surface area (TPSA) is 17.8 Å². The molecule has 78 valence electrons. The third-order valence-corrected chi connectivity index (χ3v) is 3.05. The molecule has 0 saturated heterocycles. The second-order valence-corrected chi connectivity index (χ2v) is 4.33. The van der Waals surface area contributed by atoms with E-state index in [0.29, 0.717) is 0 Å². The molecular formula is C11H10BrClN2. The normalized spacial score (nSPS) is 10.6. The van der Waals surface area contributed by atoms with Gasteiger partial charge in [0.15, 0.2) is 0 Å². The standard InChI is InChI=1S/C11H10BrClN2/c1-8-2-3-10(13)11(4-8)15-6-9(5-12)14-7-15/h2-4,6-7H,5H2,1H3. The number of hydrogen-bond acceptors (Lipinski definition) is 1. The van der Waals surface area contributed by atoms with Crippen LogP contribution in [0.2, 0.25) is 5.02 Å². The summed E-state index contributed by atoms with van der Waals surface area (Å²) in [5.41, 5.74) is 3.15. The lowest BCUT2D eigenvalue weighted by molar-refractivity contribution is 1.05. The van der Waals surface area contributed by atoms with Gasteiger partial charge in [0.25, 0.3) is 0 Å². The highest BCUT2D eigenvalue weighted by Gasteiger charge is 2.04. The monoisotopic (exact) mass is 284 g/mol. The summed E-state index contributed by atoms with van der Waals surface area (Å²) in [4.78, 5) is 4.24.